The molecule has 0 bridgehead atoms. The van der Waals surface area contributed by atoms with E-state index in [0.29, 0.717) is 18.0 Å². The Bertz CT molecular complexity index is 824. The maximum absolute atomic E-state index is 14.3. The van der Waals surface area contributed by atoms with Crippen molar-refractivity contribution in [2.75, 3.05) is 23.3 Å². The van der Waals surface area contributed by atoms with E-state index >= 15 is 0 Å². The van der Waals surface area contributed by atoms with Crippen LogP contribution in [0, 0.1) is 28.7 Å². The van der Waals surface area contributed by atoms with Crippen LogP contribution in [-0.4, -0.2) is 23.9 Å². The van der Waals surface area contributed by atoms with Crippen molar-refractivity contribution in [2.45, 2.75) is 19.8 Å². The highest BCUT2D eigenvalue weighted by Crippen LogP contribution is 2.31. The Kier molecular flexibility index (Phi) is 4.67. The molecule has 1 fully saturated rings. The van der Waals surface area contributed by atoms with Crippen LogP contribution in [0.5, 0.6) is 0 Å². The van der Waals surface area contributed by atoms with Gasteiger partial charge >= 0.3 is 0 Å². The van der Waals surface area contributed by atoms with Gasteiger partial charge in [0.2, 0.25) is 0 Å². The molecule has 0 unspecified atom stereocenters. The minimum absolute atomic E-state index is 0.0309. The second kappa shape index (κ2) is 6.75. The number of thiophene rings is 1. The third kappa shape index (κ3) is 3.46. The molecular formula is C16H15F2N3O3S. The Morgan fingerprint density at radius 1 is 1.24 bits per heavy atom. The molecule has 2 heterocycles. The van der Waals surface area contributed by atoms with Gasteiger partial charge in [-0.05, 0) is 31.9 Å². The number of carbonyl (C=O) groups excluding carboxylic acids is 1. The van der Waals surface area contributed by atoms with Crippen LogP contribution in [0.2, 0.25) is 0 Å². The lowest BCUT2D eigenvalue weighted by Crippen LogP contribution is -2.21. The predicted molar refractivity (Wildman–Crippen MR) is 91.5 cm³/mol. The number of benzene rings is 1. The fourth-order valence-electron chi connectivity index (χ4n) is 2.84. The lowest BCUT2D eigenvalue weighted by molar-refractivity contribution is -0.385. The van der Waals surface area contributed by atoms with Gasteiger partial charge in [0, 0.05) is 24.8 Å². The number of nitrogens with zero attached hydrogens (tertiary/aromatic N) is 2. The van der Waals surface area contributed by atoms with E-state index in [9.17, 15) is 23.7 Å². The summed E-state index contributed by atoms with van der Waals surface area (Å²) in [6.07, 6.45) is 1.77. The third-order valence-corrected chi connectivity index (χ3v) is 5.05. The van der Waals surface area contributed by atoms with Gasteiger partial charge in [-0.15, -0.1) is 11.3 Å². The van der Waals surface area contributed by atoms with E-state index in [2.05, 4.69) is 5.32 Å². The Hall–Kier alpha value is -2.55. The molecule has 1 saturated heterocycles. The highest BCUT2D eigenvalue weighted by atomic mass is 32.1. The van der Waals surface area contributed by atoms with Crippen LogP contribution in [0.1, 0.15) is 27.4 Å². The Morgan fingerprint density at radius 3 is 2.36 bits per heavy atom. The van der Waals surface area contributed by atoms with Gasteiger partial charge in [-0.1, -0.05) is 0 Å². The molecule has 1 aromatic heterocycles. The molecule has 0 saturated carbocycles. The van der Waals surface area contributed by atoms with Crippen molar-refractivity contribution < 1.29 is 18.5 Å². The van der Waals surface area contributed by atoms with Gasteiger partial charge in [0.25, 0.3) is 11.6 Å². The molecule has 1 aliphatic heterocycles. The number of carbonyl (C=O) groups is 1. The van der Waals surface area contributed by atoms with E-state index in [4.69, 9.17) is 0 Å². The first kappa shape index (κ1) is 17.3. The van der Waals surface area contributed by atoms with Crippen molar-refractivity contribution in [3.05, 3.63) is 49.7 Å². The molecule has 3 rings (SSSR count). The van der Waals surface area contributed by atoms with Crippen LogP contribution in [0.25, 0.3) is 0 Å². The summed E-state index contributed by atoms with van der Waals surface area (Å²) in [4.78, 5) is 24.6. The zero-order valence-corrected chi connectivity index (χ0v) is 14.2. The van der Waals surface area contributed by atoms with Crippen LogP contribution >= 0.6 is 11.3 Å². The second-order valence-electron chi connectivity index (χ2n) is 5.75. The predicted octanol–water partition coefficient (Wildman–Crippen LogP) is 4.10. The molecule has 0 atom stereocenters. The number of hydrogen-bond acceptors (Lipinski definition) is 5. The molecule has 1 aliphatic rings. The van der Waals surface area contributed by atoms with Crippen LogP contribution in [0.4, 0.5) is 25.8 Å². The topological polar surface area (TPSA) is 75.5 Å². The van der Waals surface area contributed by atoms with Crippen molar-refractivity contribution in [3.8, 4) is 0 Å². The Labute approximate surface area is 146 Å². The Morgan fingerprint density at radius 2 is 1.84 bits per heavy atom. The minimum Gasteiger partial charge on any atom is -0.367 e. The fourth-order valence-corrected chi connectivity index (χ4v) is 3.72. The summed E-state index contributed by atoms with van der Waals surface area (Å²) >= 11 is 0.953. The van der Waals surface area contributed by atoms with Gasteiger partial charge in [-0.25, -0.2) is 8.78 Å². The summed E-state index contributed by atoms with van der Waals surface area (Å²) in [5.74, 6) is -2.13. The number of anilines is 2. The number of nitro groups is 1. The standard InChI is InChI=1S/C16H15F2N3O3S/c1-9-13(21(23)24)8-14(25-9)16(22)19-10-6-11(17)15(12(18)7-10)20-4-2-3-5-20/h6-8H,2-5H2,1H3,(H,19,22). The first-order valence-corrected chi connectivity index (χ1v) is 8.48. The van der Waals surface area contributed by atoms with E-state index in [-0.39, 0.29) is 21.9 Å². The van der Waals surface area contributed by atoms with E-state index in [1.165, 1.54) is 6.92 Å². The molecule has 1 amide bonds. The van der Waals surface area contributed by atoms with Crippen LogP contribution in [0.3, 0.4) is 0 Å². The molecule has 25 heavy (non-hydrogen) atoms. The first-order valence-electron chi connectivity index (χ1n) is 7.67. The van der Waals surface area contributed by atoms with Gasteiger partial charge in [-0.2, -0.15) is 0 Å². The SMILES string of the molecule is Cc1sc(C(=O)Nc2cc(F)c(N3CCCC3)c(F)c2)cc1[N+](=O)[O-]. The number of nitrogens with one attached hydrogen (secondary N) is 1. The summed E-state index contributed by atoms with van der Waals surface area (Å²) in [5, 5.41) is 13.2. The molecule has 0 aliphatic carbocycles. The summed E-state index contributed by atoms with van der Waals surface area (Å²) < 4.78 is 28.5. The van der Waals surface area contributed by atoms with Crippen molar-refractivity contribution in [1.29, 1.82) is 0 Å². The largest absolute Gasteiger partial charge is 0.367 e. The van der Waals surface area contributed by atoms with Crippen molar-refractivity contribution in [2.24, 2.45) is 0 Å². The molecule has 132 valence electrons. The lowest BCUT2D eigenvalue weighted by atomic mass is 10.2. The summed E-state index contributed by atoms with van der Waals surface area (Å²) in [6, 6.07) is 3.27. The van der Waals surface area contributed by atoms with E-state index < -0.39 is 22.5 Å². The smallest absolute Gasteiger partial charge is 0.283 e. The van der Waals surface area contributed by atoms with Gasteiger partial charge in [0.1, 0.15) is 5.69 Å². The first-order chi connectivity index (χ1) is 11.9. The number of halogens is 2. The second-order valence-corrected chi connectivity index (χ2v) is 7.00. The molecule has 1 N–H and O–H groups in total. The summed E-state index contributed by atoms with van der Waals surface area (Å²) in [5.41, 5.74) is -0.272. The van der Waals surface area contributed by atoms with Crippen molar-refractivity contribution >= 4 is 34.3 Å². The maximum Gasteiger partial charge on any atom is 0.283 e. The average Bonchev–Trinajstić information content (AvgIpc) is 3.16. The quantitative estimate of drug-likeness (QED) is 0.652. The maximum atomic E-state index is 14.3. The summed E-state index contributed by atoms with van der Waals surface area (Å²) in [6.45, 7) is 2.72. The number of amides is 1. The van der Waals surface area contributed by atoms with Gasteiger partial charge in [0.05, 0.1) is 14.7 Å². The van der Waals surface area contributed by atoms with Crippen LogP contribution < -0.4 is 10.2 Å². The zero-order chi connectivity index (χ0) is 18.1. The zero-order valence-electron chi connectivity index (χ0n) is 13.3. The monoisotopic (exact) mass is 367 g/mol. The number of hydrogen-bond donors (Lipinski definition) is 1. The third-order valence-electron chi connectivity index (χ3n) is 4.01. The normalized spacial score (nSPS) is 14.0. The molecule has 1 aromatic carbocycles. The average molecular weight is 367 g/mol. The fraction of sp³-hybridized carbons (Fsp3) is 0.312. The van der Waals surface area contributed by atoms with Crippen LogP contribution in [-0.2, 0) is 0 Å². The molecule has 0 radical (unpaired) electrons. The number of rotatable bonds is 4. The highest BCUT2D eigenvalue weighted by molar-refractivity contribution is 7.14. The minimum atomic E-state index is -0.745. The molecule has 6 nitrogen and oxygen atoms in total. The number of aryl methyl sites for hydroxylation is 1. The molecule has 0 spiro atoms. The van der Waals surface area contributed by atoms with Gasteiger partial charge in [0.15, 0.2) is 11.6 Å². The van der Waals surface area contributed by atoms with Gasteiger partial charge in [-0.3, -0.25) is 14.9 Å². The highest BCUT2D eigenvalue weighted by Gasteiger charge is 2.23. The van der Waals surface area contributed by atoms with E-state index in [0.717, 1.165) is 42.4 Å². The molecular weight excluding hydrogens is 352 g/mol. The van der Waals surface area contributed by atoms with E-state index in [1.807, 2.05) is 0 Å². The van der Waals surface area contributed by atoms with E-state index in [1.54, 1.807) is 4.90 Å². The summed E-state index contributed by atoms with van der Waals surface area (Å²) in [7, 11) is 0. The van der Waals surface area contributed by atoms with Crippen molar-refractivity contribution in [3.63, 3.8) is 0 Å². The molecule has 2 aromatic rings. The van der Waals surface area contributed by atoms with Crippen LogP contribution in [0.15, 0.2) is 18.2 Å². The lowest BCUT2D eigenvalue weighted by Gasteiger charge is -2.19. The Balaban J connectivity index is 1.82. The van der Waals surface area contributed by atoms with Gasteiger partial charge < -0.3 is 10.2 Å². The van der Waals surface area contributed by atoms with Crippen molar-refractivity contribution in [1.82, 2.24) is 0 Å². The molecule has 9 heteroatoms.